The van der Waals surface area contributed by atoms with Gasteiger partial charge >= 0.3 is 0 Å². The van der Waals surface area contributed by atoms with Crippen LogP contribution in [0.1, 0.15) is 25.8 Å². The molecule has 0 aliphatic rings. The van der Waals surface area contributed by atoms with Gasteiger partial charge in [-0.1, -0.05) is 26.3 Å². The van der Waals surface area contributed by atoms with Crippen molar-refractivity contribution in [2.75, 3.05) is 0 Å². The molecule has 2 aromatic rings. The van der Waals surface area contributed by atoms with Gasteiger partial charge in [-0.2, -0.15) is 5.10 Å². The molecule has 0 saturated carbocycles. The van der Waals surface area contributed by atoms with Gasteiger partial charge in [-0.05, 0) is 18.1 Å². The molecule has 0 fully saturated rings. The highest BCUT2D eigenvalue weighted by Crippen LogP contribution is 2.10. The molecular weight excluding hydrogens is 266 g/mol. The average Bonchev–Trinajstić information content (AvgIpc) is 3.05. The van der Waals surface area contributed by atoms with Crippen molar-refractivity contribution in [2.24, 2.45) is 11.7 Å². The number of carbonyl (C=O) groups excluding carboxylic acids is 1. The lowest BCUT2D eigenvalue weighted by Gasteiger charge is -2.18. The number of pyridine rings is 1. The van der Waals surface area contributed by atoms with Crippen LogP contribution >= 0.6 is 0 Å². The molecule has 0 spiro atoms. The van der Waals surface area contributed by atoms with Crippen molar-refractivity contribution in [3.63, 3.8) is 0 Å². The number of carbonyl (C=O) groups is 1. The molecule has 2 heterocycles. The van der Waals surface area contributed by atoms with Crippen molar-refractivity contribution >= 4 is 5.91 Å². The molecule has 21 heavy (non-hydrogen) atoms. The second-order valence-corrected chi connectivity index (χ2v) is 5.07. The maximum absolute atomic E-state index is 12.0. The van der Waals surface area contributed by atoms with Gasteiger partial charge in [-0.25, -0.2) is 9.67 Å². The number of amides is 1. The first-order chi connectivity index (χ1) is 10.1. The summed E-state index contributed by atoms with van der Waals surface area (Å²) in [4.78, 5) is 16.3. The summed E-state index contributed by atoms with van der Waals surface area (Å²) in [5.74, 6) is 0.726. The zero-order valence-corrected chi connectivity index (χ0v) is 12.4. The molecule has 1 amide bonds. The number of nitrogens with one attached hydrogen (secondary N) is 1. The molecule has 2 unspecified atom stereocenters. The number of hydrogen-bond acceptors (Lipinski definition) is 4. The number of aromatic nitrogens is 3. The minimum atomic E-state index is -0.486. The fourth-order valence-corrected chi connectivity index (χ4v) is 1.98. The second kappa shape index (κ2) is 6.99. The van der Waals surface area contributed by atoms with Crippen molar-refractivity contribution in [3.05, 3.63) is 42.4 Å². The molecule has 2 aromatic heterocycles. The van der Waals surface area contributed by atoms with Crippen LogP contribution in [0.5, 0.6) is 0 Å². The molecule has 0 aliphatic carbocycles. The molecule has 112 valence electrons. The number of nitrogens with two attached hydrogens (primary N) is 1. The summed E-state index contributed by atoms with van der Waals surface area (Å²) in [7, 11) is 0. The molecule has 0 bridgehead atoms. The first-order valence-corrected chi connectivity index (χ1v) is 7.10. The first-order valence-electron chi connectivity index (χ1n) is 7.10. The topological polar surface area (TPSA) is 85.8 Å². The molecule has 2 rings (SSSR count). The first kappa shape index (κ1) is 15.2. The van der Waals surface area contributed by atoms with E-state index in [0.717, 1.165) is 12.0 Å². The van der Waals surface area contributed by atoms with E-state index in [1.807, 2.05) is 38.2 Å². The van der Waals surface area contributed by atoms with Crippen molar-refractivity contribution in [2.45, 2.75) is 32.9 Å². The Labute approximate surface area is 124 Å². The Balaban J connectivity index is 2.06. The lowest BCUT2D eigenvalue weighted by atomic mass is 9.99. The predicted octanol–water partition coefficient (Wildman–Crippen LogP) is 1.26. The Bertz CT molecular complexity index is 582. The van der Waals surface area contributed by atoms with Crippen LogP contribution in [0.3, 0.4) is 0 Å². The van der Waals surface area contributed by atoms with Crippen molar-refractivity contribution < 1.29 is 4.79 Å². The maximum Gasteiger partial charge on any atom is 0.237 e. The third kappa shape index (κ3) is 3.66. The third-order valence-electron chi connectivity index (χ3n) is 3.60. The van der Waals surface area contributed by atoms with Gasteiger partial charge in [0.25, 0.3) is 0 Å². The van der Waals surface area contributed by atoms with Crippen molar-refractivity contribution in [1.29, 1.82) is 0 Å². The quantitative estimate of drug-likeness (QED) is 0.837. The van der Waals surface area contributed by atoms with E-state index in [1.54, 1.807) is 17.1 Å². The standard InChI is InChI=1S/C15H21N5O/c1-3-11(2)13(16)15(21)18-10-12-6-4-7-17-14(12)20-9-5-8-19-20/h4-9,11,13H,3,10,16H2,1-2H3,(H,18,21). The van der Waals surface area contributed by atoms with E-state index < -0.39 is 6.04 Å². The van der Waals surface area contributed by atoms with Crippen LogP contribution in [0, 0.1) is 5.92 Å². The highest BCUT2D eigenvalue weighted by molar-refractivity contribution is 5.81. The van der Waals surface area contributed by atoms with Gasteiger partial charge in [0.2, 0.25) is 5.91 Å². The molecule has 6 nitrogen and oxygen atoms in total. The summed E-state index contributed by atoms with van der Waals surface area (Å²) < 4.78 is 1.68. The van der Waals surface area contributed by atoms with Crippen LogP contribution in [-0.2, 0) is 11.3 Å². The van der Waals surface area contributed by atoms with Gasteiger partial charge in [0.05, 0.1) is 6.04 Å². The van der Waals surface area contributed by atoms with Gasteiger partial charge in [-0.15, -0.1) is 0 Å². The molecule has 3 N–H and O–H groups in total. The summed E-state index contributed by atoms with van der Waals surface area (Å²) in [5, 5.41) is 7.04. The van der Waals surface area contributed by atoms with Crippen LogP contribution in [0.15, 0.2) is 36.8 Å². The lowest BCUT2D eigenvalue weighted by Crippen LogP contribution is -2.44. The van der Waals surface area contributed by atoms with Crippen LogP contribution in [0.4, 0.5) is 0 Å². The van der Waals surface area contributed by atoms with E-state index in [1.165, 1.54) is 0 Å². The molecule has 0 saturated heterocycles. The summed E-state index contributed by atoms with van der Waals surface area (Å²) in [5.41, 5.74) is 6.82. The molecule has 0 aliphatic heterocycles. The van der Waals surface area contributed by atoms with Crippen LogP contribution < -0.4 is 11.1 Å². The van der Waals surface area contributed by atoms with Crippen molar-refractivity contribution in [3.8, 4) is 5.82 Å². The highest BCUT2D eigenvalue weighted by Gasteiger charge is 2.19. The molecule has 2 atom stereocenters. The minimum Gasteiger partial charge on any atom is -0.351 e. The summed E-state index contributed by atoms with van der Waals surface area (Å²) in [6.07, 6.45) is 6.08. The van der Waals surface area contributed by atoms with Crippen molar-refractivity contribution in [1.82, 2.24) is 20.1 Å². The SMILES string of the molecule is CCC(C)C(N)C(=O)NCc1cccnc1-n1cccn1. The van der Waals surface area contributed by atoms with Crippen LogP contribution in [-0.4, -0.2) is 26.7 Å². The maximum atomic E-state index is 12.0. The summed E-state index contributed by atoms with van der Waals surface area (Å²) in [6, 6.07) is 5.10. The normalized spacial score (nSPS) is 13.7. The van der Waals surface area contributed by atoms with Gasteiger partial charge in [0, 0.05) is 30.7 Å². The molecule has 0 aromatic carbocycles. The predicted molar refractivity (Wildman–Crippen MR) is 80.6 cm³/mol. The Hall–Kier alpha value is -2.21. The Morgan fingerprint density at radius 3 is 2.90 bits per heavy atom. The van der Waals surface area contributed by atoms with Gasteiger partial charge in [0.1, 0.15) is 0 Å². The lowest BCUT2D eigenvalue weighted by molar-refractivity contribution is -0.123. The van der Waals surface area contributed by atoms with Crippen LogP contribution in [0.25, 0.3) is 5.82 Å². The zero-order chi connectivity index (χ0) is 15.2. The summed E-state index contributed by atoms with van der Waals surface area (Å²) >= 11 is 0. The van der Waals surface area contributed by atoms with E-state index in [9.17, 15) is 4.79 Å². The number of hydrogen-bond donors (Lipinski definition) is 2. The Kier molecular flexibility index (Phi) is 5.05. The number of rotatable bonds is 6. The second-order valence-electron chi connectivity index (χ2n) is 5.07. The molecular formula is C15H21N5O. The van der Waals surface area contributed by atoms with E-state index in [4.69, 9.17) is 5.73 Å². The van der Waals surface area contributed by atoms with Gasteiger partial charge < -0.3 is 11.1 Å². The molecule has 0 radical (unpaired) electrons. The fraction of sp³-hybridized carbons (Fsp3) is 0.400. The smallest absolute Gasteiger partial charge is 0.237 e. The Morgan fingerprint density at radius 1 is 1.43 bits per heavy atom. The van der Waals surface area contributed by atoms with E-state index in [0.29, 0.717) is 12.4 Å². The largest absolute Gasteiger partial charge is 0.351 e. The average molecular weight is 287 g/mol. The van der Waals surface area contributed by atoms with Gasteiger partial charge in [-0.3, -0.25) is 4.79 Å². The number of nitrogens with zero attached hydrogens (tertiary/aromatic N) is 3. The monoisotopic (exact) mass is 287 g/mol. The third-order valence-corrected chi connectivity index (χ3v) is 3.60. The zero-order valence-electron chi connectivity index (χ0n) is 12.4. The minimum absolute atomic E-state index is 0.139. The molecule has 6 heteroatoms. The van der Waals surface area contributed by atoms with Crippen LogP contribution in [0.2, 0.25) is 0 Å². The summed E-state index contributed by atoms with van der Waals surface area (Å²) in [6.45, 7) is 4.38. The highest BCUT2D eigenvalue weighted by atomic mass is 16.2. The van der Waals surface area contributed by atoms with E-state index in [2.05, 4.69) is 15.4 Å². The van der Waals surface area contributed by atoms with E-state index >= 15 is 0 Å². The Morgan fingerprint density at radius 2 is 2.24 bits per heavy atom. The van der Waals surface area contributed by atoms with E-state index in [-0.39, 0.29) is 11.8 Å². The fourth-order valence-electron chi connectivity index (χ4n) is 1.98. The van der Waals surface area contributed by atoms with Gasteiger partial charge in [0.15, 0.2) is 5.82 Å².